The fourth-order valence-corrected chi connectivity index (χ4v) is 6.12. The number of nitrogens with zero attached hydrogens (tertiary/aromatic N) is 6. The summed E-state index contributed by atoms with van der Waals surface area (Å²) in [7, 11) is 0. The number of aromatic nitrogens is 2. The van der Waals surface area contributed by atoms with Crippen molar-refractivity contribution in [1.29, 1.82) is 0 Å². The lowest BCUT2D eigenvalue weighted by atomic mass is 9.99. The van der Waals surface area contributed by atoms with Crippen LogP contribution in [0.2, 0.25) is 0 Å². The number of fused-ring (bicyclic) bond motifs is 3. The summed E-state index contributed by atoms with van der Waals surface area (Å²) in [6.45, 7) is 9.17. The predicted molar refractivity (Wildman–Crippen MR) is 122 cm³/mol. The average Bonchev–Trinajstić information content (AvgIpc) is 2.82. The van der Waals surface area contributed by atoms with Gasteiger partial charge in [-0.25, -0.2) is 4.98 Å². The molecule has 160 valence electrons. The van der Waals surface area contributed by atoms with Gasteiger partial charge in [-0.05, 0) is 50.9 Å². The van der Waals surface area contributed by atoms with Crippen molar-refractivity contribution >= 4 is 22.7 Å². The molecule has 0 saturated carbocycles. The van der Waals surface area contributed by atoms with E-state index in [1.165, 1.54) is 63.5 Å². The van der Waals surface area contributed by atoms with Crippen molar-refractivity contribution in [2.75, 3.05) is 62.2 Å². The van der Waals surface area contributed by atoms with E-state index in [1.807, 2.05) is 0 Å². The summed E-state index contributed by atoms with van der Waals surface area (Å²) in [5.41, 5.74) is 1.09. The lowest BCUT2D eigenvalue weighted by molar-refractivity contribution is 0.132. The molecule has 6 nitrogen and oxygen atoms in total. The normalized spacial score (nSPS) is 28.4. The van der Waals surface area contributed by atoms with Crippen molar-refractivity contribution < 1.29 is 0 Å². The SMILES string of the molecule is c1ccc2c(N3CCN4CCCCC4C3)nc(N3CCN4CCCCC4C3)nc2c1. The molecule has 6 heteroatoms. The second-order valence-electron chi connectivity index (χ2n) is 9.63. The third-order valence-corrected chi connectivity index (χ3v) is 7.83. The molecule has 0 bridgehead atoms. The molecule has 1 aromatic heterocycles. The minimum Gasteiger partial charge on any atom is -0.353 e. The first-order chi connectivity index (χ1) is 14.8. The van der Waals surface area contributed by atoms with Crippen LogP contribution in [-0.2, 0) is 0 Å². The Morgan fingerprint density at radius 3 is 2.10 bits per heavy atom. The molecule has 2 atom stereocenters. The van der Waals surface area contributed by atoms with Crippen molar-refractivity contribution in [3.05, 3.63) is 24.3 Å². The molecule has 5 heterocycles. The first-order valence-electron chi connectivity index (χ1n) is 12.1. The Hall–Kier alpha value is -1.92. The third-order valence-electron chi connectivity index (χ3n) is 7.83. The number of para-hydroxylation sites is 1. The Morgan fingerprint density at radius 2 is 1.33 bits per heavy atom. The minimum absolute atomic E-state index is 0.678. The van der Waals surface area contributed by atoms with E-state index < -0.39 is 0 Å². The summed E-state index contributed by atoms with van der Waals surface area (Å²) in [6.07, 6.45) is 8.11. The van der Waals surface area contributed by atoms with Crippen molar-refractivity contribution in [3.8, 4) is 0 Å². The smallest absolute Gasteiger partial charge is 0.227 e. The molecule has 0 aliphatic carbocycles. The maximum atomic E-state index is 5.23. The maximum absolute atomic E-state index is 5.23. The summed E-state index contributed by atoms with van der Waals surface area (Å²) in [5.74, 6) is 2.10. The van der Waals surface area contributed by atoms with Gasteiger partial charge in [-0.3, -0.25) is 9.80 Å². The Bertz CT molecular complexity index is 900. The zero-order valence-corrected chi connectivity index (χ0v) is 18.0. The number of piperidine rings is 2. The van der Waals surface area contributed by atoms with Crippen LogP contribution in [-0.4, -0.2) is 84.2 Å². The highest BCUT2D eigenvalue weighted by Gasteiger charge is 2.33. The van der Waals surface area contributed by atoms with E-state index in [4.69, 9.17) is 9.97 Å². The number of hydrogen-bond acceptors (Lipinski definition) is 6. The van der Waals surface area contributed by atoms with Crippen LogP contribution in [0, 0.1) is 0 Å². The molecule has 4 aliphatic heterocycles. The van der Waals surface area contributed by atoms with E-state index in [0.29, 0.717) is 12.1 Å². The topological polar surface area (TPSA) is 38.7 Å². The molecule has 2 unspecified atom stereocenters. The number of anilines is 2. The number of benzene rings is 1. The van der Waals surface area contributed by atoms with Crippen molar-refractivity contribution in [3.63, 3.8) is 0 Å². The van der Waals surface area contributed by atoms with Gasteiger partial charge in [-0.15, -0.1) is 0 Å². The van der Waals surface area contributed by atoms with Gasteiger partial charge >= 0.3 is 0 Å². The molecule has 1 aromatic carbocycles. The maximum Gasteiger partial charge on any atom is 0.227 e. The number of hydrogen-bond donors (Lipinski definition) is 0. The summed E-state index contributed by atoms with van der Waals surface area (Å²) < 4.78 is 0. The van der Waals surface area contributed by atoms with Crippen LogP contribution in [0.3, 0.4) is 0 Å². The van der Waals surface area contributed by atoms with E-state index in [2.05, 4.69) is 43.9 Å². The zero-order valence-electron chi connectivity index (χ0n) is 18.0. The van der Waals surface area contributed by atoms with Gasteiger partial charge in [0.1, 0.15) is 5.82 Å². The highest BCUT2D eigenvalue weighted by Crippen LogP contribution is 2.31. The van der Waals surface area contributed by atoms with Crippen molar-refractivity contribution in [1.82, 2.24) is 19.8 Å². The first-order valence-corrected chi connectivity index (χ1v) is 12.1. The Morgan fingerprint density at radius 1 is 0.667 bits per heavy atom. The van der Waals surface area contributed by atoms with Crippen LogP contribution >= 0.6 is 0 Å². The molecule has 4 aliphatic rings. The van der Waals surface area contributed by atoms with Crippen LogP contribution in [0.15, 0.2) is 24.3 Å². The lowest BCUT2D eigenvalue weighted by Gasteiger charge is -2.45. The molecule has 0 amide bonds. The predicted octanol–water partition coefficient (Wildman–Crippen LogP) is 2.98. The lowest BCUT2D eigenvalue weighted by Crippen LogP contribution is -2.56. The third kappa shape index (κ3) is 3.44. The molecule has 0 N–H and O–H groups in total. The van der Waals surface area contributed by atoms with E-state index in [9.17, 15) is 0 Å². The Labute approximate surface area is 179 Å². The molecule has 0 spiro atoms. The highest BCUT2D eigenvalue weighted by atomic mass is 15.4. The largest absolute Gasteiger partial charge is 0.353 e. The molecule has 30 heavy (non-hydrogen) atoms. The first kappa shape index (κ1) is 18.8. The number of rotatable bonds is 2. The summed E-state index contributed by atoms with van der Waals surface area (Å²) in [4.78, 5) is 20.7. The van der Waals surface area contributed by atoms with Crippen molar-refractivity contribution in [2.45, 2.75) is 50.6 Å². The second kappa shape index (κ2) is 7.97. The van der Waals surface area contributed by atoms with E-state index in [1.54, 1.807) is 0 Å². The monoisotopic (exact) mass is 406 g/mol. The van der Waals surface area contributed by atoms with Gasteiger partial charge in [0.25, 0.3) is 0 Å². The van der Waals surface area contributed by atoms with Gasteiger partial charge in [0.2, 0.25) is 5.95 Å². The molecule has 0 radical (unpaired) electrons. The second-order valence-corrected chi connectivity index (χ2v) is 9.63. The van der Waals surface area contributed by atoms with E-state index in [-0.39, 0.29) is 0 Å². The quantitative estimate of drug-likeness (QED) is 0.764. The molecular weight excluding hydrogens is 372 g/mol. The van der Waals surface area contributed by atoms with Gasteiger partial charge < -0.3 is 9.80 Å². The van der Waals surface area contributed by atoms with Gasteiger partial charge in [0, 0.05) is 56.7 Å². The molecule has 2 aromatic rings. The highest BCUT2D eigenvalue weighted by molar-refractivity contribution is 5.90. The van der Waals surface area contributed by atoms with Crippen molar-refractivity contribution in [2.24, 2.45) is 0 Å². The summed E-state index contributed by atoms with van der Waals surface area (Å²) in [5, 5.41) is 1.21. The number of piperazine rings is 2. The van der Waals surface area contributed by atoms with Crippen LogP contribution in [0.4, 0.5) is 11.8 Å². The van der Waals surface area contributed by atoms with Crippen LogP contribution in [0.1, 0.15) is 38.5 Å². The fourth-order valence-electron chi connectivity index (χ4n) is 6.12. The Kier molecular flexibility index (Phi) is 5.00. The van der Waals surface area contributed by atoms with Gasteiger partial charge in [-0.2, -0.15) is 4.98 Å². The summed E-state index contributed by atoms with van der Waals surface area (Å²) >= 11 is 0. The molecular formula is C24H34N6. The molecule has 4 saturated heterocycles. The van der Waals surface area contributed by atoms with E-state index >= 15 is 0 Å². The van der Waals surface area contributed by atoms with Gasteiger partial charge in [-0.1, -0.05) is 25.0 Å². The average molecular weight is 407 g/mol. The fraction of sp³-hybridized carbons (Fsp3) is 0.667. The van der Waals surface area contributed by atoms with Crippen LogP contribution in [0.25, 0.3) is 10.9 Å². The van der Waals surface area contributed by atoms with Crippen LogP contribution in [0.5, 0.6) is 0 Å². The minimum atomic E-state index is 0.678. The van der Waals surface area contributed by atoms with E-state index in [0.717, 1.165) is 50.0 Å². The molecule has 4 fully saturated rings. The van der Waals surface area contributed by atoms with Gasteiger partial charge in [0.05, 0.1) is 5.52 Å². The summed E-state index contributed by atoms with van der Waals surface area (Å²) in [6, 6.07) is 9.98. The zero-order chi connectivity index (χ0) is 19.9. The van der Waals surface area contributed by atoms with Gasteiger partial charge in [0.15, 0.2) is 0 Å². The Balaban J connectivity index is 1.32. The standard InChI is InChI=1S/C24H34N6/c1-2-10-22-21(9-1)23(29-15-13-27-11-5-3-7-19(27)17-29)26-24(25-22)30-16-14-28-12-6-4-8-20(28)18-30/h1-2,9-10,19-20H,3-8,11-18H2. The van der Waals surface area contributed by atoms with Crippen LogP contribution < -0.4 is 9.80 Å². The molecule has 6 rings (SSSR count).